The van der Waals surface area contributed by atoms with Gasteiger partial charge in [-0.15, -0.1) is 24.0 Å². The first-order valence-electron chi connectivity index (χ1n) is 9.09. The zero-order valence-corrected chi connectivity index (χ0v) is 20.1. The van der Waals surface area contributed by atoms with Crippen LogP contribution in [0.15, 0.2) is 23.2 Å². The van der Waals surface area contributed by atoms with Gasteiger partial charge in [0.25, 0.3) is 0 Å². The fraction of sp³-hybridized carbons (Fsp3) is 0.632. The molecule has 1 aliphatic heterocycles. The van der Waals surface area contributed by atoms with Crippen LogP contribution in [0.2, 0.25) is 0 Å². The summed E-state index contributed by atoms with van der Waals surface area (Å²) in [5.74, 6) is 1.82. The van der Waals surface area contributed by atoms with Crippen molar-refractivity contribution in [1.82, 2.24) is 10.2 Å². The number of methoxy groups -OCH3 is 1. The number of sulfone groups is 1. The van der Waals surface area contributed by atoms with Crippen molar-refractivity contribution >= 4 is 39.8 Å². The maximum absolute atomic E-state index is 12.2. The van der Waals surface area contributed by atoms with Gasteiger partial charge in [-0.3, -0.25) is 4.99 Å². The van der Waals surface area contributed by atoms with E-state index in [0.29, 0.717) is 19.6 Å². The van der Waals surface area contributed by atoms with Gasteiger partial charge < -0.3 is 15.0 Å². The number of hydrogen-bond acceptors (Lipinski definition) is 4. The first-order valence-corrected chi connectivity index (χ1v) is 10.7. The van der Waals surface area contributed by atoms with Crippen LogP contribution in [-0.2, 0) is 16.3 Å². The van der Waals surface area contributed by atoms with Gasteiger partial charge in [-0.2, -0.15) is 0 Å². The van der Waals surface area contributed by atoms with Crippen molar-refractivity contribution in [2.45, 2.75) is 38.9 Å². The molecule has 0 aromatic heterocycles. The summed E-state index contributed by atoms with van der Waals surface area (Å²) in [5, 5.41) is 3.29. The van der Waals surface area contributed by atoms with Crippen LogP contribution in [0.5, 0.6) is 5.75 Å². The van der Waals surface area contributed by atoms with Crippen molar-refractivity contribution in [1.29, 1.82) is 0 Å². The van der Waals surface area contributed by atoms with E-state index in [2.05, 4.69) is 23.2 Å². The molecule has 0 amide bonds. The van der Waals surface area contributed by atoms with Crippen LogP contribution in [0.1, 0.15) is 31.9 Å². The van der Waals surface area contributed by atoms with E-state index in [-0.39, 0.29) is 29.7 Å². The summed E-state index contributed by atoms with van der Waals surface area (Å²) in [6.07, 6.45) is 0.773. The van der Waals surface area contributed by atoms with Crippen LogP contribution >= 0.6 is 24.0 Å². The second-order valence-corrected chi connectivity index (χ2v) is 10.0. The lowest BCUT2D eigenvalue weighted by atomic mass is 10.1. The zero-order valence-electron chi connectivity index (χ0n) is 16.9. The molecule has 1 fully saturated rings. The number of hydrogen-bond donors (Lipinski definition) is 1. The molecule has 0 saturated carbocycles. The van der Waals surface area contributed by atoms with E-state index in [1.807, 2.05) is 19.1 Å². The molecule has 27 heavy (non-hydrogen) atoms. The molecule has 1 aromatic rings. The first kappa shape index (κ1) is 24.0. The molecular weight excluding hydrogens is 477 g/mol. The minimum absolute atomic E-state index is 0. The molecule has 154 valence electrons. The number of nitrogens with one attached hydrogen (secondary N) is 1. The summed E-state index contributed by atoms with van der Waals surface area (Å²) < 4.78 is 29.1. The number of nitrogens with zero attached hydrogens (tertiary/aromatic N) is 2. The molecule has 6 nitrogen and oxygen atoms in total. The summed E-state index contributed by atoms with van der Waals surface area (Å²) in [4.78, 5) is 6.79. The second kappa shape index (κ2) is 9.95. The van der Waals surface area contributed by atoms with Gasteiger partial charge in [0.15, 0.2) is 15.8 Å². The number of aryl methyl sites for hydroxylation is 1. The normalized spacial score (nSPS) is 18.6. The molecule has 2 rings (SSSR count). The summed E-state index contributed by atoms with van der Waals surface area (Å²) in [7, 11) is -1.38. The van der Waals surface area contributed by atoms with Crippen LogP contribution in [0.3, 0.4) is 0 Å². The largest absolute Gasteiger partial charge is 0.496 e. The van der Waals surface area contributed by atoms with Gasteiger partial charge in [-0.1, -0.05) is 17.7 Å². The van der Waals surface area contributed by atoms with Crippen molar-refractivity contribution in [3.63, 3.8) is 0 Å². The quantitative estimate of drug-likeness (QED) is 0.376. The Morgan fingerprint density at radius 3 is 2.67 bits per heavy atom. The lowest BCUT2D eigenvalue weighted by Crippen LogP contribution is -2.57. The van der Waals surface area contributed by atoms with Crippen LogP contribution in [-0.4, -0.2) is 63.1 Å². The first-order chi connectivity index (χ1) is 12.2. The molecule has 0 spiro atoms. The zero-order chi connectivity index (χ0) is 19.4. The number of rotatable bonds is 5. The van der Waals surface area contributed by atoms with Crippen molar-refractivity contribution < 1.29 is 13.2 Å². The van der Waals surface area contributed by atoms with E-state index in [9.17, 15) is 8.42 Å². The molecule has 1 saturated heterocycles. The Balaban J connectivity index is 0.00000364. The lowest BCUT2D eigenvalue weighted by Gasteiger charge is -2.39. The highest BCUT2D eigenvalue weighted by Crippen LogP contribution is 2.24. The fourth-order valence-corrected chi connectivity index (χ4v) is 4.50. The van der Waals surface area contributed by atoms with E-state index in [4.69, 9.17) is 9.73 Å². The van der Waals surface area contributed by atoms with Crippen LogP contribution in [0.25, 0.3) is 0 Å². The molecule has 0 bridgehead atoms. The molecule has 1 aliphatic rings. The standard InChI is InChI=1S/C19H31N3O3S.HI/c1-6-20-18(22-11-12-26(23,24)19(3,4)14-22)21-10-9-16-13-15(2)7-8-17(16)25-5;/h7-8,13H,6,9-12,14H2,1-5H3,(H,20,21);1H. The lowest BCUT2D eigenvalue weighted by molar-refractivity contribution is 0.353. The molecule has 8 heteroatoms. The predicted octanol–water partition coefficient (Wildman–Crippen LogP) is 2.64. The van der Waals surface area contributed by atoms with Gasteiger partial charge in [0, 0.05) is 26.2 Å². The highest BCUT2D eigenvalue weighted by Gasteiger charge is 2.40. The van der Waals surface area contributed by atoms with Crippen molar-refractivity contribution in [2.75, 3.05) is 39.0 Å². The Bertz CT molecular complexity index is 763. The average molecular weight is 509 g/mol. The van der Waals surface area contributed by atoms with Crippen molar-refractivity contribution in [3.05, 3.63) is 29.3 Å². The minimum Gasteiger partial charge on any atom is -0.496 e. The molecule has 0 unspecified atom stereocenters. The SMILES string of the molecule is CCNC(=NCCc1cc(C)ccc1OC)N1CCS(=O)(=O)C(C)(C)C1.I. The Hall–Kier alpha value is -1.03. The van der Waals surface area contributed by atoms with Gasteiger partial charge in [0.1, 0.15) is 5.75 Å². The summed E-state index contributed by atoms with van der Waals surface area (Å²) >= 11 is 0. The van der Waals surface area contributed by atoms with Crippen molar-refractivity contribution in [2.24, 2.45) is 4.99 Å². The van der Waals surface area contributed by atoms with Crippen molar-refractivity contribution in [3.8, 4) is 5.75 Å². The summed E-state index contributed by atoms with van der Waals surface area (Å²) in [5.41, 5.74) is 2.33. The predicted molar refractivity (Wildman–Crippen MR) is 122 cm³/mol. The van der Waals surface area contributed by atoms with E-state index < -0.39 is 14.6 Å². The minimum atomic E-state index is -3.06. The number of halogens is 1. The fourth-order valence-electron chi connectivity index (χ4n) is 3.14. The van der Waals surface area contributed by atoms with Gasteiger partial charge >= 0.3 is 0 Å². The van der Waals surface area contributed by atoms with Gasteiger partial charge in [0.2, 0.25) is 0 Å². The summed E-state index contributed by atoms with van der Waals surface area (Å²) in [6.45, 7) is 9.95. The van der Waals surface area contributed by atoms with Crippen LogP contribution in [0.4, 0.5) is 0 Å². The number of benzene rings is 1. The molecule has 1 aromatic carbocycles. The molecule has 0 radical (unpaired) electrons. The van der Waals surface area contributed by atoms with E-state index in [1.54, 1.807) is 21.0 Å². The van der Waals surface area contributed by atoms with Gasteiger partial charge in [0.05, 0.1) is 17.6 Å². The Labute approximate surface area is 180 Å². The van der Waals surface area contributed by atoms with Gasteiger partial charge in [-0.05, 0) is 45.7 Å². The molecular formula is C19H32IN3O3S. The highest BCUT2D eigenvalue weighted by molar-refractivity contribution is 14.0. The van der Waals surface area contributed by atoms with Crippen LogP contribution in [0, 0.1) is 6.92 Å². The summed E-state index contributed by atoms with van der Waals surface area (Å²) in [6, 6.07) is 6.14. The Kier molecular flexibility index (Phi) is 8.85. The van der Waals surface area contributed by atoms with E-state index in [0.717, 1.165) is 30.2 Å². The van der Waals surface area contributed by atoms with E-state index >= 15 is 0 Å². The third-order valence-corrected chi connectivity index (χ3v) is 7.29. The Morgan fingerprint density at radius 1 is 1.37 bits per heavy atom. The third-order valence-electron chi connectivity index (χ3n) is 4.76. The number of guanidine groups is 1. The van der Waals surface area contributed by atoms with Gasteiger partial charge in [-0.25, -0.2) is 8.42 Å². The maximum atomic E-state index is 12.2. The smallest absolute Gasteiger partial charge is 0.194 e. The van der Waals surface area contributed by atoms with Crippen LogP contribution < -0.4 is 10.1 Å². The highest BCUT2D eigenvalue weighted by atomic mass is 127. The molecule has 1 heterocycles. The molecule has 0 aliphatic carbocycles. The number of aliphatic imine (C=N–C) groups is 1. The van der Waals surface area contributed by atoms with E-state index in [1.165, 1.54) is 5.56 Å². The third kappa shape index (κ3) is 5.97. The monoisotopic (exact) mass is 509 g/mol. The average Bonchev–Trinajstić information content (AvgIpc) is 2.57. The molecule has 0 atom stereocenters. The number of ether oxygens (including phenoxy) is 1. The topological polar surface area (TPSA) is 71.0 Å². The maximum Gasteiger partial charge on any atom is 0.194 e. The second-order valence-electron chi connectivity index (χ2n) is 7.30. The molecule has 1 N–H and O–H groups in total. The Morgan fingerprint density at radius 2 is 2.07 bits per heavy atom.